The lowest BCUT2D eigenvalue weighted by molar-refractivity contribution is 0.0572. The van der Waals surface area contributed by atoms with Crippen molar-refractivity contribution in [3.63, 3.8) is 0 Å². The van der Waals surface area contributed by atoms with Crippen LogP contribution in [0.15, 0.2) is 6.07 Å². The van der Waals surface area contributed by atoms with E-state index in [-0.39, 0.29) is 19.0 Å². The minimum absolute atomic E-state index is 0.157. The minimum atomic E-state index is -0.866. The predicted octanol–water partition coefficient (Wildman–Crippen LogP) is -0.475. The summed E-state index contributed by atoms with van der Waals surface area (Å²) in [6.45, 7) is 4.00. The molecule has 98 valence electrons. The average molecular weight is 251 g/mol. The van der Waals surface area contributed by atoms with Gasteiger partial charge in [0, 0.05) is 13.1 Å². The molecule has 1 amide bonds. The number of carbonyl (C=O) groups excluding carboxylic acids is 1. The van der Waals surface area contributed by atoms with Gasteiger partial charge in [0.05, 0.1) is 29.2 Å². The maximum Gasteiger partial charge on any atom is 0.256 e. The first-order valence-corrected chi connectivity index (χ1v) is 6.01. The van der Waals surface area contributed by atoms with Gasteiger partial charge in [-0.1, -0.05) is 6.92 Å². The lowest BCUT2D eigenvalue weighted by Gasteiger charge is -2.16. The van der Waals surface area contributed by atoms with E-state index in [0.717, 1.165) is 0 Å². The summed E-state index contributed by atoms with van der Waals surface area (Å²) in [5, 5.41) is 26.9. The summed E-state index contributed by atoms with van der Waals surface area (Å²) in [6, 6.07) is 1.70. The number of amides is 1. The Morgan fingerprint density at radius 1 is 1.39 bits per heavy atom. The van der Waals surface area contributed by atoms with Gasteiger partial charge in [-0.15, -0.1) is 0 Å². The summed E-state index contributed by atoms with van der Waals surface area (Å²) < 4.78 is 0. The van der Waals surface area contributed by atoms with E-state index in [9.17, 15) is 15.0 Å². The molecule has 1 aliphatic heterocycles. The van der Waals surface area contributed by atoms with Gasteiger partial charge in [0.25, 0.3) is 5.91 Å². The second-order valence-electron chi connectivity index (χ2n) is 4.54. The first-order chi connectivity index (χ1) is 8.52. The molecule has 2 atom stereocenters. The lowest BCUT2D eigenvalue weighted by Crippen LogP contribution is -2.31. The summed E-state index contributed by atoms with van der Waals surface area (Å²) in [7, 11) is 0. The lowest BCUT2D eigenvalue weighted by atomic mass is 10.1. The van der Waals surface area contributed by atoms with E-state index in [4.69, 9.17) is 0 Å². The van der Waals surface area contributed by atoms with Crippen molar-refractivity contribution >= 4 is 5.91 Å². The number of aliphatic hydroxyl groups excluding tert-OH is 2. The van der Waals surface area contributed by atoms with Gasteiger partial charge in [-0.25, -0.2) is 0 Å². The number of aromatic nitrogens is 2. The summed E-state index contributed by atoms with van der Waals surface area (Å²) in [6.07, 6.45) is -1.11. The Bertz CT molecular complexity index is 454. The first kappa shape index (κ1) is 12.9. The Balaban J connectivity index is 2.26. The topological polar surface area (TPSA) is 86.6 Å². The van der Waals surface area contributed by atoms with Crippen LogP contribution >= 0.6 is 0 Å². The maximum absolute atomic E-state index is 12.3. The first-order valence-electron chi connectivity index (χ1n) is 6.01. The fraction of sp³-hybridized carbons (Fsp3) is 0.583. The molecule has 0 aliphatic carbocycles. The van der Waals surface area contributed by atoms with Crippen LogP contribution in [-0.4, -0.2) is 56.5 Å². The molecule has 0 unspecified atom stereocenters. The zero-order valence-electron chi connectivity index (χ0n) is 10.5. The molecule has 6 nitrogen and oxygen atoms in total. The van der Waals surface area contributed by atoms with Crippen LogP contribution in [0.1, 0.15) is 28.7 Å². The molecule has 0 aromatic carbocycles. The van der Waals surface area contributed by atoms with Crippen LogP contribution < -0.4 is 0 Å². The molecule has 0 saturated carbocycles. The number of likely N-dealkylation sites (tertiary alicyclic amines) is 1. The Kier molecular flexibility index (Phi) is 3.58. The molecule has 1 aliphatic rings. The minimum Gasteiger partial charge on any atom is -0.388 e. The van der Waals surface area contributed by atoms with Crippen LogP contribution in [0, 0.1) is 6.92 Å². The number of hydrogen-bond acceptors (Lipinski definition) is 5. The van der Waals surface area contributed by atoms with Crippen LogP contribution in [0.3, 0.4) is 0 Å². The SMILES string of the molecule is CCc1nnc(C)cc1C(=O)N1C[C@@H](O)[C@@H](O)C1. The van der Waals surface area contributed by atoms with Crippen molar-refractivity contribution in [1.29, 1.82) is 0 Å². The van der Waals surface area contributed by atoms with Gasteiger partial charge in [-0.05, 0) is 19.4 Å². The number of β-amino-alcohol motifs (C(OH)–C–C–N with tert-alkyl or cyclic N) is 2. The molecular formula is C12H17N3O3. The van der Waals surface area contributed by atoms with Gasteiger partial charge in [0.1, 0.15) is 0 Å². The summed E-state index contributed by atoms with van der Waals surface area (Å²) in [5.74, 6) is -0.208. The molecule has 6 heteroatoms. The average Bonchev–Trinajstić information content (AvgIpc) is 2.68. The highest BCUT2D eigenvalue weighted by Gasteiger charge is 2.33. The molecule has 1 fully saturated rings. The monoisotopic (exact) mass is 251 g/mol. The van der Waals surface area contributed by atoms with Crippen LogP contribution in [0.2, 0.25) is 0 Å². The number of hydrogen-bond donors (Lipinski definition) is 2. The van der Waals surface area contributed by atoms with Gasteiger partial charge in [0.2, 0.25) is 0 Å². The molecule has 2 N–H and O–H groups in total. The molecule has 0 radical (unpaired) electrons. The Labute approximate surface area is 105 Å². The van der Waals surface area contributed by atoms with Crippen molar-refractivity contribution in [3.05, 3.63) is 23.0 Å². The van der Waals surface area contributed by atoms with Crippen LogP contribution in [0.4, 0.5) is 0 Å². The van der Waals surface area contributed by atoms with Crippen molar-refractivity contribution in [1.82, 2.24) is 15.1 Å². The molecule has 0 bridgehead atoms. The predicted molar refractivity (Wildman–Crippen MR) is 64.1 cm³/mol. The highest BCUT2D eigenvalue weighted by molar-refractivity contribution is 5.95. The third kappa shape index (κ3) is 2.34. The zero-order valence-corrected chi connectivity index (χ0v) is 10.5. The zero-order chi connectivity index (χ0) is 13.3. The number of rotatable bonds is 2. The van der Waals surface area contributed by atoms with E-state index in [2.05, 4.69) is 10.2 Å². The fourth-order valence-electron chi connectivity index (χ4n) is 2.07. The number of nitrogens with zero attached hydrogens (tertiary/aromatic N) is 3. The maximum atomic E-state index is 12.3. The van der Waals surface area contributed by atoms with Gasteiger partial charge >= 0.3 is 0 Å². The normalized spacial score (nSPS) is 23.4. The van der Waals surface area contributed by atoms with Gasteiger partial charge in [-0.3, -0.25) is 4.79 Å². The van der Waals surface area contributed by atoms with Gasteiger partial charge in [-0.2, -0.15) is 10.2 Å². The second kappa shape index (κ2) is 4.99. The Morgan fingerprint density at radius 2 is 2.00 bits per heavy atom. The third-order valence-corrected chi connectivity index (χ3v) is 3.10. The molecule has 1 aromatic heterocycles. The van der Waals surface area contributed by atoms with E-state index in [1.54, 1.807) is 13.0 Å². The fourth-order valence-corrected chi connectivity index (χ4v) is 2.07. The van der Waals surface area contributed by atoms with Crippen LogP contribution in [0.25, 0.3) is 0 Å². The van der Waals surface area contributed by atoms with E-state index < -0.39 is 12.2 Å². The van der Waals surface area contributed by atoms with Crippen molar-refractivity contribution in [2.24, 2.45) is 0 Å². The van der Waals surface area contributed by atoms with E-state index in [1.807, 2.05) is 6.92 Å². The van der Waals surface area contributed by atoms with Crippen molar-refractivity contribution in [2.75, 3.05) is 13.1 Å². The third-order valence-electron chi connectivity index (χ3n) is 3.10. The summed E-state index contributed by atoms with van der Waals surface area (Å²) >= 11 is 0. The standard InChI is InChI=1S/C12H17N3O3/c1-3-9-8(4-7(2)13-14-9)12(18)15-5-10(16)11(17)6-15/h4,10-11,16-17H,3,5-6H2,1-2H3/t10-,11+. The quantitative estimate of drug-likeness (QED) is 0.741. The highest BCUT2D eigenvalue weighted by atomic mass is 16.3. The van der Waals surface area contributed by atoms with E-state index >= 15 is 0 Å². The molecule has 2 heterocycles. The molecule has 18 heavy (non-hydrogen) atoms. The Morgan fingerprint density at radius 3 is 2.56 bits per heavy atom. The molecule has 2 rings (SSSR count). The smallest absolute Gasteiger partial charge is 0.256 e. The molecular weight excluding hydrogens is 234 g/mol. The molecule has 0 spiro atoms. The van der Waals surface area contributed by atoms with Gasteiger partial charge < -0.3 is 15.1 Å². The highest BCUT2D eigenvalue weighted by Crippen LogP contribution is 2.16. The number of aliphatic hydroxyl groups is 2. The Hall–Kier alpha value is -1.53. The van der Waals surface area contributed by atoms with E-state index in [1.165, 1.54) is 4.90 Å². The largest absolute Gasteiger partial charge is 0.388 e. The van der Waals surface area contributed by atoms with Crippen LogP contribution in [-0.2, 0) is 6.42 Å². The van der Waals surface area contributed by atoms with E-state index in [0.29, 0.717) is 23.4 Å². The van der Waals surface area contributed by atoms with Crippen molar-refractivity contribution in [2.45, 2.75) is 32.5 Å². The van der Waals surface area contributed by atoms with Crippen molar-refractivity contribution in [3.8, 4) is 0 Å². The van der Waals surface area contributed by atoms with Crippen molar-refractivity contribution < 1.29 is 15.0 Å². The summed E-state index contributed by atoms with van der Waals surface area (Å²) in [5.41, 5.74) is 1.82. The molecule has 1 saturated heterocycles. The van der Waals surface area contributed by atoms with Gasteiger partial charge in [0.15, 0.2) is 0 Å². The molecule has 1 aromatic rings. The number of carbonyl (C=O) groups is 1. The summed E-state index contributed by atoms with van der Waals surface area (Å²) in [4.78, 5) is 13.8. The van der Waals surface area contributed by atoms with Crippen LogP contribution in [0.5, 0.6) is 0 Å². The number of aryl methyl sites for hydroxylation is 2. The second-order valence-corrected chi connectivity index (χ2v) is 4.54.